The standard InChI is InChI=1S/C18H13BrClNO5S/c1-9(17(23)25-2)21-16(22)15(27-18(21)24)8-11-4-6-14(26-11)10-3-5-12(19)13(20)7-10/h3-9H,1-2H3/b15-8+/t9-/m1/s1. The van der Waals surface area contributed by atoms with Crippen LogP contribution >= 0.6 is 39.3 Å². The Morgan fingerprint density at radius 2 is 2.07 bits per heavy atom. The van der Waals surface area contributed by atoms with E-state index in [4.69, 9.17) is 16.0 Å². The van der Waals surface area contributed by atoms with Crippen molar-refractivity contribution >= 4 is 62.5 Å². The minimum atomic E-state index is -0.995. The summed E-state index contributed by atoms with van der Waals surface area (Å²) < 4.78 is 11.1. The molecule has 1 aromatic carbocycles. The number of benzene rings is 1. The van der Waals surface area contributed by atoms with Crippen molar-refractivity contribution in [2.45, 2.75) is 13.0 Å². The summed E-state index contributed by atoms with van der Waals surface area (Å²) in [4.78, 5) is 37.3. The Labute approximate surface area is 172 Å². The number of methoxy groups -OCH3 is 1. The second kappa shape index (κ2) is 7.92. The van der Waals surface area contributed by atoms with E-state index in [2.05, 4.69) is 20.7 Å². The van der Waals surface area contributed by atoms with E-state index in [1.54, 1.807) is 24.3 Å². The molecule has 1 saturated heterocycles. The fourth-order valence-corrected chi connectivity index (χ4v) is 3.77. The van der Waals surface area contributed by atoms with Gasteiger partial charge in [0.2, 0.25) is 0 Å². The number of furan rings is 1. The zero-order valence-corrected chi connectivity index (χ0v) is 17.4. The molecule has 0 N–H and O–H groups in total. The van der Waals surface area contributed by atoms with Crippen LogP contribution in [0.1, 0.15) is 12.7 Å². The van der Waals surface area contributed by atoms with Gasteiger partial charge in [0.25, 0.3) is 11.1 Å². The average Bonchev–Trinajstić information content (AvgIpc) is 3.21. The van der Waals surface area contributed by atoms with Crippen LogP contribution in [0, 0.1) is 0 Å². The number of thioether (sulfide) groups is 1. The lowest BCUT2D eigenvalue weighted by molar-refractivity contribution is -0.148. The molecule has 1 fully saturated rings. The van der Waals surface area contributed by atoms with Crippen molar-refractivity contribution in [3.63, 3.8) is 0 Å². The van der Waals surface area contributed by atoms with Crippen molar-refractivity contribution in [1.29, 1.82) is 0 Å². The number of carbonyl (C=O) groups is 3. The molecule has 6 nitrogen and oxygen atoms in total. The molecular weight excluding hydrogens is 458 g/mol. The highest BCUT2D eigenvalue weighted by Gasteiger charge is 2.41. The van der Waals surface area contributed by atoms with Crippen LogP contribution < -0.4 is 0 Å². The fraction of sp³-hybridized carbons (Fsp3) is 0.167. The molecule has 27 heavy (non-hydrogen) atoms. The lowest BCUT2D eigenvalue weighted by atomic mass is 10.2. The van der Waals surface area contributed by atoms with Gasteiger partial charge in [-0.1, -0.05) is 17.7 Å². The molecule has 3 rings (SSSR count). The van der Waals surface area contributed by atoms with Gasteiger partial charge in [-0.05, 0) is 58.9 Å². The highest BCUT2D eigenvalue weighted by molar-refractivity contribution is 9.10. The van der Waals surface area contributed by atoms with E-state index in [0.717, 1.165) is 26.7 Å². The molecule has 1 aliphatic heterocycles. The van der Waals surface area contributed by atoms with E-state index < -0.39 is 23.2 Å². The van der Waals surface area contributed by atoms with E-state index in [1.165, 1.54) is 20.1 Å². The Morgan fingerprint density at radius 3 is 2.74 bits per heavy atom. The topological polar surface area (TPSA) is 76.8 Å². The third-order valence-electron chi connectivity index (χ3n) is 3.86. The number of carbonyl (C=O) groups excluding carboxylic acids is 3. The highest BCUT2D eigenvalue weighted by atomic mass is 79.9. The summed E-state index contributed by atoms with van der Waals surface area (Å²) in [6.07, 6.45) is 1.47. The van der Waals surface area contributed by atoms with Crippen LogP contribution in [-0.2, 0) is 14.3 Å². The molecule has 0 aliphatic carbocycles. The molecule has 2 amide bonds. The maximum atomic E-state index is 12.5. The minimum absolute atomic E-state index is 0.172. The van der Waals surface area contributed by atoms with Crippen LogP contribution in [0.2, 0.25) is 5.02 Å². The van der Waals surface area contributed by atoms with Crippen LogP contribution in [0.15, 0.2) is 44.1 Å². The Bertz CT molecular complexity index is 970. The van der Waals surface area contributed by atoms with Crippen molar-refractivity contribution in [2.24, 2.45) is 0 Å². The molecule has 0 saturated carbocycles. The van der Waals surface area contributed by atoms with Gasteiger partial charge in [0.1, 0.15) is 17.6 Å². The van der Waals surface area contributed by atoms with Crippen molar-refractivity contribution in [3.8, 4) is 11.3 Å². The van der Waals surface area contributed by atoms with Crippen LogP contribution in [0.5, 0.6) is 0 Å². The third-order valence-corrected chi connectivity index (χ3v) is 5.97. The zero-order chi connectivity index (χ0) is 19.7. The largest absolute Gasteiger partial charge is 0.467 e. The monoisotopic (exact) mass is 469 g/mol. The van der Waals surface area contributed by atoms with Crippen LogP contribution in [0.25, 0.3) is 17.4 Å². The van der Waals surface area contributed by atoms with E-state index >= 15 is 0 Å². The Hall–Kier alpha value is -2.03. The van der Waals surface area contributed by atoms with Gasteiger partial charge in [-0.2, -0.15) is 0 Å². The van der Waals surface area contributed by atoms with Gasteiger partial charge in [-0.15, -0.1) is 0 Å². The molecule has 0 spiro atoms. The van der Waals surface area contributed by atoms with Gasteiger partial charge in [0.15, 0.2) is 0 Å². The minimum Gasteiger partial charge on any atom is -0.467 e. The second-order valence-corrected chi connectivity index (χ2v) is 7.84. The second-order valence-electron chi connectivity index (χ2n) is 5.58. The molecule has 140 valence electrons. The fourth-order valence-electron chi connectivity index (χ4n) is 2.45. The number of hydrogen-bond acceptors (Lipinski definition) is 6. The molecule has 0 unspecified atom stereocenters. The van der Waals surface area contributed by atoms with E-state index in [-0.39, 0.29) is 4.91 Å². The lowest BCUT2D eigenvalue weighted by Gasteiger charge is -2.18. The quantitative estimate of drug-likeness (QED) is 0.464. The van der Waals surface area contributed by atoms with E-state index in [1.807, 2.05) is 6.07 Å². The summed E-state index contributed by atoms with van der Waals surface area (Å²) in [7, 11) is 1.20. The Balaban J connectivity index is 1.84. The molecule has 2 heterocycles. The van der Waals surface area contributed by atoms with E-state index in [0.29, 0.717) is 16.5 Å². The number of esters is 1. The summed E-state index contributed by atoms with van der Waals surface area (Å²) in [6.45, 7) is 1.44. The van der Waals surface area contributed by atoms with Crippen LogP contribution in [0.4, 0.5) is 4.79 Å². The number of rotatable bonds is 4. The maximum absolute atomic E-state index is 12.5. The van der Waals surface area contributed by atoms with Gasteiger partial charge in [-0.25, -0.2) is 4.79 Å². The van der Waals surface area contributed by atoms with Crippen molar-refractivity contribution < 1.29 is 23.5 Å². The summed E-state index contributed by atoms with van der Waals surface area (Å²) in [5.41, 5.74) is 0.773. The number of ether oxygens (including phenoxy) is 1. The first-order valence-electron chi connectivity index (χ1n) is 7.72. The maximum Gasteiger partial charge on any atom is 0.328 e. The normalized spacial score (nSPS) is 16.9. The first-order valence-corrected chi connectivity index (χ1v) is 9.70. The molecular formula is C18H13BrClNO5S. The number of hydrogen-bond donors (Lipinski definition) is 0. The molecule has 1 atom stereocenters. The summed E-state index contributed by atoms with van der Waals surface area (Å²) in [5.74, 6) is -0.253. The summed E-state index contributed by atoms with van der Waals surface area (Å²) in [5, 5.41) is 0.0130. The van der Waals surface area contributed by atoms with Gasteiger partial charge in [0.05, 0.1) is 17.0 Å². The van der Waals surface area contributed by atoms with Crippen LogP contribution in [0.3, 0.4) is 0 Å². The number of amides is 2. The number of nitrogens with zero attached hydrogens (tertiary/aromatic N) is 1. The van der Waals surface area contributed by atoms with Gasteiger partial charge < -0.3 is 9.15 Å². The predicted octanol–water partition coefficient (Wildman–Crippen LogP) is 4.96. The number of halogens is 2. The van der Waals surface area contributed by atoms with Crippen molar-refractivity contribution in [3.05, 3.63) is 50.5 Å². The Kier molecular flexibility index (Phi) is 5.78. The molecule has 2 aromatic rings. The predicted molar refractivity (Wildman–Crippen MR) is 106 cm³/mol. The van der Waals surface area contributed by atoms with Gasteiger partial charge in [-0.3, -0.25) is 14.5 Å². The number of imide groups is 1. The van der Waals surface area contributed by atoms with Crippen molar-refractivity contribution in [1.82, 2.24) is 4.90 Å². The first-order chi connectivity index (χ1) is 12.8. The van der Waals surface area contributed by atoms with Crippen LogP contribution in [-0.4, -0.2) is 35.2 Å². The smallest absolute Gasteiger partial charge is 0.328 e. The zero-order valence-electron chi connectivity index (χ0n) is 14.2. The highest BCUT2D eigenvalue weighted by Crippen LogP contribution is 2.35. The summed E-state index contributed by atoms with van der Waals surface area (Å²) in [6, 6.07) is 7.82. The SMILES string of the molecule is COC(=O)[C@@H](C)N1C(=O)S/C(=C/c2ccc(-c3ccc(Br)c(Cl)c3)o2)C1=O. The summed E-state index contributed by atoms with van der Waals surface area (Å²) >= 11 is 10.2. The first kappa shape index (κ1) is 19.7. The van der Waals surface area contributed by atoms with Crippen molar-refractivity contribution in [2.75, 3.05) is 7.11 Å². The van der Waals surface area contributed by atoms with E-state index in [9.17, 15) is 14.4 Å². The molecule has 1 aromatic heterocycles. The molecule has 0 radical (unpaired) electrons. The van der Waals surface area contributed by atoms with Gasteiger partial charge >= 0.3 is 5.97 Å². The Morgan fingerprint density at radius 1 is 1.33 bits per heavy atom. The lowest BCUT2D eigenvalue weighted by Crippen LogP contribution is -2.42. The average molecular weight is 471 g/mol. The molecule has 1 aliphatic rings. The molecule has 0 bridgehead atoms. The third kappa shape index (κ3) is 3.97. The molecule has 9 heteroatoms. The van der Waals surface area contributed by atoms with Gasteiger partial charge in [0, 0.05) is 16.1 Å².